The Morgan fingerprint density at radius 3 is 2.59 bits per heavy atom. The van der Waals surface area contributed by atoms with Crippen molar-refractivity contribution < 1.29 is 4.79 Å². The molecule has 1 amide bonds. The Kier molecular flexibility index (Phi) is 4.98. The molecule has 3 heterocycles. The van der Waals surface area contributed by atoms with Gasteiger partial charge in [-0.15, -0.1) is 0 Å². The van der Waals surface area contributed by atoms with Gasteiger partial charge in [-0.05, 0) is 6.42 Å². The van der Waals surface area contributed by atoms with Crippen LogP contribution in [0.25, 0.3) is 11.2 Å². The highest BCUT2D eigenvalue weighted by molar-refractivity contribution is 5.75. The summed E-state index contributed by atoms with van der Waals surface area (Å²) in [6.07, 6.45) is 6.06. The first kappa shape index (κ1) is 18.6. The Bertz CT molecular complexity index is 1100. The number of aromatic nitrogens is 6. The average Bonchev–Trinajstić information content (AvgIpc) is 3.24. The summed E-state index contributed by atoms with van der Waals surface area (Å²) in [5.74, 6) is 0.0172. The van der Waals surface area contributed by atoms with E-state index in [1.165, 1.54) is 17.9 Å². The third-order valence-electron chi connectivity index (χ3n) is 4.61. The second-order valence-corrected chi connectivity index (χ2v) is 6.69. The van der Waals surface area contributed by atoms with Gasteiger partial charge in [0.25, 0.3) is 5.56 Å². The molecular weight excluding hydrogens is 350 g/mol. The molecule has 0 aromatic carbocycles. The zero-order chi connectivity index (χ0) is 19.7. The standard InChI is InChI=1S/C17H23N7O3/c1-20(9-12-8-19-21(2)10-12)13(25)6-5-7-24-11-18-15-14(24)16(26)23(4)17(27)22(15)3/h8,10-11H,5-7,9H2,1-4H3. The third-order valence-corrected chi connectivity index (χ3v) is 4.61. The number of fused-ring (bicyclic) bond motifs is 1. The van der Waals surface area contributed by atoms with Gasteiger partial charge in [0.1, 0.15) is 0 Å². The molecule has 0 aliphatic heterocycles. The van der Waals surface area contributed by atoms with E-state index in [1.54, 1.807) is 34.4 Å². The van der Waals surface area contributed by atoms with Crippen LogP contribution in [0, 0.1) is 0 Å². The van der Waals surface area contributed by atoms with Crippen molar-refractivity contribution in [1.82, 2.24) is 33.4 Å². The maximum atomic E-state index is 12.4. The topological polar surface area (TPSA) is 100.0 Å². The van der Waals surface area contributed by atoms with E-state index in [0.717, 1.165) is 10.1 Å². The van der Waals surface area contributed by atoms with Crippen LogP contribution in [0.4, 0.5) is 0 Å². The Labute approximate surface area is 155 Å². The second-order valence-electron chi connectivity index (χ2n) is 6.69. The fourth-order valence-electron chi connectivity index (χ4n) is 3.07. The molecule has 0 aliphatic carbocycles. The van der Waals surface area contributed by atoms with Gasteiger partial charge >= 0.3 is 5.69 Å². The molecule has 0 atom stereocenters. The van der Waals surface area contributed by atoms with Crippen molar-refractivity contribution in [2.24, 2.45) is 21.1 Å². The van der Waals surface area contributed by atoms with E-state index >= 15 is 0 Å². The van der Waals surface area contributed by atoms with Crippen molar-refractivity contribution in [2.75, 3.05) is 7.05 Å². The smallest absolute Gasteiger partial charge is 0.332 e. The first-order valence-corrected chi connectivity index (χ1v) is 8.62. The molecule has 0 radical (unpaired) electrons. The van der Waals surface area contributed by atoms with Gasteiger partial charge in [-0.1, -0.05) is 0 Å². The van der Waals surface area contributed by atoms with Crippen molar-refractivity contribution in [3.8, 4) is 0 Å². The van der Waals surface area contributed by atoms with E-state index in [-0.39, 0.29) is 11.5 Å². The highest BCUT2D eigenvalue weighted by Gasteiger charge is 2.15. The lowest BCUT2D eigenvalue weighted by Gasteiger charge is -2.16. The molecule has 3 aromatic heterocycles. The molecule has 27 heavy (non-hydrogen) atoms. The van der Waals surface area contributed by atoms with Crippen LogP contribution in [-0.2, 0) is 39.0 Å². The van der Waals surface area contributed by atoms with Crippen LogP contribution in [0.15, 0.2) is 28.3 Å². The zero-order valence-corrected chi connectivity index (χ0v) is 15.9. The average molecular weight is 373 g/mol. The van der Waals surface area contributed by atoms with E-state index < -0.39 is 5.69 Å². The van der Waals surface area contributed by atoms with E-state index in [4.69, 9.17) is 0 Å². The molecule has 0 N–H and O–H groups in total. The minimum atomic E-state index is -0.412. The largest absolute Gasteiger partial charge is 0.341 e. The van der Waals surface area contributed by atoms with Crippen LogP contribution in [0.3, 0.4) is 0 Å². The fourth-order valence-corrected chi connectivity index (χ4v) is 3.07. The van der Waals surface area contributed by atoms with Gasteiger partial charge in [0.15, 0.2) is 11.2 Å². The number of carbonyl (C=O) groups is 1. The molecule has 0 aliphatic rings. The lowest BCUT2D eigenvalue weighted by atomic mass is 10.2. The first-order valence-electron chi connectivity index (χ1n) is 8.62. The number of amides is 1. The van der Waals surface area contributed by atoms with Gasteiger partial charge in [-0.3, -0.25) is 23.4 Å². The lowest BCUT2D eigenvalue weighted by Crippen LogP contribution is -2.37. The predicted molar refractivity (Wildman–Crippen MR) is 99.1 cm³/mol. The van der Waals surface area contributed by atoms with Crippen LogP contribution in [0.1, 0.15) is 18.4 Å². The monoisotopic (exact) mass is 373 g/mol. The van der Waals surface area contributed by atoms with Gasteiger partial charge in [-0.2, -0.15) is 5.10 Å². The maximum absolute atomic E-state index is 12.4. The van der Waals surface area contributed by atoms with Crippen molar-refractivity contribution in [1.29, 1.82) is 0 Å². The summed E-state index contributed by atoms with van der Waals surface area (Å²) in [6, 6.07) is 0. The summed E-state index contributed by atoms with van der Waals surface area (Å²) in [4.78, 5) is 42.5. The third kappa shape index (κ3) is 3.55. The summed E-state index contributed by atoms with van der Waals surface area (Å²) in [6.45, 7) is 0.972. The highest BCUT2D eigenvalue weighted by Crippen LogP contribution is 2.09. The zero-order valence-electron chi connectivity index (χ0n) is 15.9. The molecule has 0 saturated carbocycles. The molecule has 10 nitrogen and oxygen atoms in total. The van der Waals surface area contributed by atoms with Gasteiger partial charge in [0, 0.05) is 59.5 Å². The van der Waals surface area contributed by atoms with Crippen molar-refractivity contribution in [3.63, 3.8) is 0 Å². The van der Waals surface area contributed by atoms with Gasteiger partial charge < -0.3 is 9.47 Å². The SMILES string of the molecule is CN(Cc1cnn(C)c1)C(=O)CCCn1cnc2c1c(=O)n(C)c(=O)n2C. The van der Waals surface area contributed by atoms with Crippen LogP contribution in [0.5, 0.6) is 0 Å². The number of imidazole rings is 1. The van der Waals surface area contributed by atoms with E-state index in [0.29, 0.717) is 37.1 Å². The summed E-state index contributed by atoms with van der Waals surface area (Å²) in [5, 5.41) is 4.10. The summed E-state index contributed by atoms with van der Waals surface area (Å²) < 4.78 is 5.81. The Hall–Kier alpha value is -3.17. The highest BCUT2D eigenvalue weighted by atomic mass is 16.2. The van der Waals surface area contributed by atoms with E-state index in [2.05, 4.69) is 10.1 Å². The number of hydrogen-bond donors (Lipinski definition) is 0. The van der Waals surface area contributed by atoms with E-state index in [9.17, 15) is 14.4 Å². The molecule has 10 heteroatoms. The molecule has 0 saturated heterocycles. The fraction of sp³-hybridized carbons (Fsp3) is 0.471. The second kappa shape index (κ2) is 7.22. The number of aryl methyl sites for hydroxylation is 3. The lowest BCUT2D eigenvalue weighted by molar-refractivity contribution is -0.130. The molecule has 3 rings (SSSR count). The Morgan fingerprint density at radius 1 is 1.19 bits per heavy atom. The molecular formula is C17H23N7O3. The van der Waals surface area contributed by atoms with Crippen molar-refractivity contribution in [2.45, 2.75) is 25.9 Å². The summed E-state index contributed by atoms with van der Waals surface area (Å²) in [5.41, 5.74) is 0.896. The van der Waals surface area contributed by atoms with Crippen molar-refractivity contribution in [3.05, 3.63) is 45.1 Å². The number of carbonyl (C=O) groups excluding carboxylic acids is 1. The normalized spacial score (nSPS) is 11.3. The summed E-state index contributed by atoms with van der Waals surface area (Å²) in [7, 11) is 6.62. The molecule has 0 bridgehead atoms. The quantitative estimate of drug-likeness (QED) is 0.586. The Morgan fingerprint density at radius 2 is 1.93 bits per heavy atom. The number of rotatable bonds is 6. The molecule has 0 fully saturated rings. The van der Waals surface area contributed by atoms with Gasteiger partial charge in [-0.25, -0.2) is 9.78 Å². The number of nitrogens with zero attached hydrogens (tertiary/aromatic N) is 7. The van der Waals surface area contributed by atoms with Crippen LogP contribution in [-0.4, -0.2) is 46.3 Å². The van der Waals surface area contributed by atoms with Crippen molar-refractivity contribution >= 4 is 17.1 Å². The minimum Gasteiger partial charge on any atom is -0.341 e. The maximum Gasteiger partial charge on any atom is 0.332 e. The molecule has 3 aromatic rings. The van der Waals surface area contributed by atoms with Crippen LogP contribution in [0.2, 0.25) is 0 Å². The molecule has 0 spiro atoms. The first-order chi connectivity index (χ1) is 12.8. The molecule has 144 valence electrons. The van der Waals surface area contributed by atoms with Gasteiger partial charge in [0.2, 0.25) is 5.91 Å². The predicted octanol–water partition coefficient (Wildman–Crippen LogP) is -0.394. The van der Waals surface area contributed by atoms with E-state index in [1.807, 2.05) is 13.2 Å². The summed E-state index contributed by atoms with van der Waals surface area (Å²) >= 11 is 0. The molecule has 0 unspecified atom stereocenters. The number of hydrogen-bond acceptors (Lipinski definition) is 5. The van der Waals surface area contributed by atoms with Gasteiger partial charge in [0.05, 0.1) is 12.5 Å². The minimum absolute atomic E-state index is 0.0172. The van der Waals surface area contributed by atoms with Crippen LogP contribution >= 0.6 is 0 Å². The van der Waals surface area contributed by atoms with Crippen LogP contribution < -0.4 is 11.2 Å². The Balaban J connectivity index is 1.66.